The topological polar surface area (TPSA) is 60.7 Å². The molecule has 0 amide bonds. The predicted molar refractivity (Wildman–Crippen MR) is 128 cm³/mol. The van der Waals surface area contributed by atoms with E-state index in [1.165, 1.54) is 22.7 Å². The smallest absolute Gasteiger partial charge is 0.338 e. The average molecular weight is 538 g/mol. The minimum atomic E-state index is -0.642. The van der Waals surface area contributed by atoms with Crippen LogP contribution >= 0.6 is 50.2 Å². The molecular weight excluding hydrogens is 520 g/mol. The van der Waals surface area contributed by atoms with Gasteiger partial charge in [0.2, 0.25) is 0 Å². The molecule has 3 aromatic rings. The number of thiazole rings is 1. The molecule has 0 aliphatic carbocycles. The second kappa shape index (κ2) is 8.86. The van der Waals surface area contributed by atoms with Crippen LogP contribution in [0.1, 0.15) is 37.3 Å². The summed E-state index contributed by atoms with van der Waals surface area (Å²) in [5, 5.41) is 0.575. The molecule has 160 valence electrons. The van der Waals surface area contributed by atoms with Gasteiger partial charge in [-0.25, -0.2) is 9.79 Å². The Labute approximate surface area is 200 Å². The first-order chi connectivity index (χ1) is 14.7. The SMILES string of the molecule is CC1=C(C(=O)OC(C)C)C(c2ccc(Cl)cc2)n2c(sc(=Cc3ccc(Br)s3)c2=O)=N1. The van der Waals surface area contributed by atoms with Gasteiger partial charge < -0.3 is 4.74 Å². The van der Waals surface area contributed by atoms with Crippen LogP contribution in [0.4, 0.5) is 0 Å². The fourth-order valence-electron chi connectivity index (χ4n) is 3.36. The molecule has 0 fully saturated rings. The molecule has 9 heteroatoms. The highest BCUT2D eigenvalue weighted by Crippen LogP contribution is 2.31. The first-order valence-electron chi connectivity index (χ1n) is 9.49. The van der Waals surface area contributed by atoms with Crippen molar-refractivity contribution >= 4 is 62.2 Å². The van der Waals surface area contributed by atoms with E-state index in [9.17, 15) is 9.59 Å². The Bertz CT molecular complexity index is 1370. The molecule has 2 aromatic heterocycles. The highest BCUT2D eigenvalue weighted by molar-refractivity contribution is 9.11. The van der Waals surface area contributed by atoms with Gasteiger partial charge in [-0.15, -0.1) is 11.3 Å². The summed E-state index contributed by atoms with van der Waals surface area (Å²) in [4.78, 5) is 32.5. The zero-order valence-electron chi connectivity index (χ0n) is 16.9. The van der Waals surface area contributed by atoms with Crippen molar-refractivity contribution < 1.29 is 9.53 Å². The second-order valence-electron chi connectivity index (χ2n) is 7.23. The summed E-state index contributed by atoms with van der Waals surface area (Å²) in [5.74, 6) is -0.479. The Balaban J connectivity index is 1.95. The van der Waals surface area contributed by atoms with Crippen molar-refractivity contribution in [3.8, 4) is 0 Å². The molecule has 0 spiro atoms. The zero-order chi connectivity index (χ0) is 22.3. The van der Waals surface area contributed by atoms with E-state index < -0.39 is 12.0 Å². The van der Waals surface area contributed by atoms with Gasteiger partial charge in [0.25, 0.3) is 5.56 Å². The number of carbonyl (C=O) groups excluding carboxylic acids is 1. The molecule has 3 heterocycles. The van der Waals surface area contributed by atoms with Crippen molar-refractivity contribution in [3.63, 3.8) is 0 Å². The number of fused-ring (bicyclic) bond motifs is 1. The van der Waals surface area contributed by atoms with Crippen LogP contribution in [0.3, 0.4) is 0 Å². The van der Waals surface area contributed by atoms with E-state index in [4.69, 9.17) is 16.3 Å². The number of allylic oxidation sites excluding steroid dienone is 1. The van der Waals surface area contributed by atoms with Gasteiger partial charge >= 0.3 is 5.97 Å². The van der Waals surface area contributed by atoms with E-state index >= 15 is 0 Å². The van der Waals surface area contributed by atoms with Gasteiger partial charge in [-0.1, -0.05) is 35.1 Å². The molecular formula is C22H18BrClN2O3S2. The summed E-state index contributed by atoms with van der Waals surface area (Å²) in [5.41, 5.74) is 1.46. The number of nitrogens with zero attached hydrogens (tertiary/aromatic N) is 2. The number of carbonyl (C=O) groups is 1. The van der Waals surface area contributed by atoms with Crippen LogP contribution in [0, 0.1) is 0 Å². The molecule has 1 aromatic carbocycles. The van der Waals surface area contributed by atoms with Gasteiger partial charge in [-0.3, -0.25) is 9.36 Å². The lowest BCUT2D eigenvalue weighted by atomic mass is 9.96. The van der Waals surface area contributed by atoms with Crippen LogP contribution < -0.4 is 14.9 Å². The summed E-state index contributed by atoms with van der Waals surface area (Å²) in [6.07, 6.45) is 1.56. The quantitative estimate of drug-likeness (QED) is 0.455. The van der Waals surface area contributed by atoms with Gasteiger partial charge in [0, 0.05) is 9.90 Å². The van der Waals surface area contributed by atoms with Gasteiger partial charge in [0.1, 0.15) is 0 Å². The summed E-state index contributed by atoms with van der Waals surface area (Å²) in [7, 11) is 0. The number of halogens is 2. The molecule has 4 rings (SSSR count). The molecule has 0 saturated heterocycles. The lowest BCUT2D eigenvalue weighted by Crippen LogP contribution is -2.40. The molecule has 31 heavy (non-hydrogen) atoms. The van der Waals surface area contributed by atoms with Gasteiger partial charge in [-0.05, 0) is 72.6 Å². The third-order valence-corrected chi connectivity index (χ3v) is 7.44. The lowest BCUT2D eigenvalue weighted by Gasteiger charge is -2.25. The molecule has 1 atom stereocenters. The minimum absolute atomic E-state index is 0.199. The summed E-state index contributed by atoms with van der Waals surface area (Å²) < 4.78 is 8.61. The molecule has 1 unspecified atom stereocenters. The Hall–Kier alpha value is -2.00. The third kappa shape index (κ3) is 4.48. The first-order valence-corrected chi connectivity index (χ1v) is 12.3. The Morgan fingerprint density at radius 3 is 2.55 bits per heavy atom. The number of rotatable bonds is 4. The molecule has 1 aliphatic heterocycles. The van der Waals surface area contributed by atoms with Crippen molar-refractivity contribution in [3.05, 3.63) is 86.6 Å². The van der Waals surface area contributed by atoms with Crippen LogP contribution in [0.2, 0.25) is 5.02 Å². The zero-order valence-corrected chi connectivity index (χ0v) is 20.9. The maximum atomic E-state index is 13.4. The van der Waals surface area contributed by atoms with Crippen molar-refractivity contribution in [2.45, 2.75) is 32.9 Å². The lowest BCUT2D eigenvalue weighted by molar-refractivity contribution is -0.143. The molecule has 0 radical (unpaired) electrons. The number of benzene rings is 1. The van der Waals surface area contributed by atoms with Gasteiger partial charge in [0.15, 0.2) is 4.80 Å². The highest BCUT2D eigenvalue weighted by atomic mass is 79.9. The van der Waals surface area contributed by atoms with Crippen LogP contribution in [0.25, 0.3) is 6.08 Å². The van der Waals surface area contributed by atoms with E-state index in [1.807, 2.05) is 30.3 Å². The number of esters is 1. The monoisotopic (exact) mass is 536 g/mol. The first kappa shape index (κ1) is 22.2. The largest absolute Gasteiger partial charge is 0.459 e. The van der Waals surface area contributed by atoms with E-state index in [2.05, 4.69) is 20.9 Å². The van der Waals surface area contributed by atoms with Gasteiger partial charge in [0.05, 0.1) is 31.7 Å². The van der Waals surface area contributed by atoms with E-state index in [-0.39, 0.29) is 11.7 Å². The predicted octanol–water partition coefficient (Wildman–Crippen LogP) is 4.66. The Morgan fingerprint density at radius 2 is 1.94 bits per heavy atom. The van der Waals surface area contributed by atoms with E-state index in [1.54, 1.807) is 37.5 Å². The van der Waals surface area contributed by atoms with Gasteiger partial charge in [-0.2, -0.15) is 0 Å². The number of hydrogen-bond acceptors (Lipinski definition) is 6. The fraction of sp³-hybridized carbons (Fsp3) is 0.227. The summed E-state index contributed by atoms with van der Waals surface area (Å²) in [6, 6.07) is 10.4. The average Bonchev–Trinajstić information content (AvgIpc) is 3.24. The number of ether oxygens (including phenoxy) is 1. The number of hydrogen-bond donors (Lipinski definition) is 0. The molecule has 0 bridgehead atoms. The van der Waals surface area contributed by atoms with Crippen LogP contribution in [-0.4, -0.2) is 16.6 Å². The molecule has 5 nitrogen and oxygen atoms in total. The Morgan fingerprint density at radius 1 is 1.23 bits per heavy atom. The number of thiophene rings is 1. The minimum Gasteiger partial charge on any atom is -0.459 e. The molecule has 0 saturated carbocycles. The van der Waals surface area contributed by atoms with Crippen LogP contribution in [0.15, 0.2) is 61.2 Å². The number of aromatic nitrogens is 1. The summed E-state index contributed by atoms with van der Waals surface area (Å²) >= 11 is 12.4. The molecule has 0 N–H and O–H groups in total. The van der Waals surface area contributed by atoms with Crippen LogP contribution in [0.5, 0.6) is 0 Å². The third-order valence-electron chi connectivity index (χ3n) is 4.64. The van der Waals surface area contributed by atoms with E-state index in [0.29, 0.717) is 25.6 Å². The maximum absolute atomic E-state index is 13.4. The standard InChI is InChI=1S/C22H18BrClN2O3S2/c1-11(2)29-21(28)18-12(3)25-22-26(19(18)13-4-6-14(24)7-5-13)20(27)16(31-22)10-15-8-9-17(23)30-15/h4-11,19H,1-3H3. The second-order valence-corrected chi connectivity index (χ2v) is 11.2. The molecule has 1 aliphatic rings. The summed E-state index contributed by atoms with van der Waals surface area (Å²) in [6.45, 7) is 5.35. The fourth-order valence-corrected chi connectivity index (χ4v) is 5.96. The van der Waals surface area contributed by atoms with Crippen molar-refractivity contribution in [2.75, 3.05) is 0 Å². The Kier molecular flexibility index (Phi) is 6.35. The highest BCUT2D eigenvalue weighted by Gasteiger charge is 2.33. The van der Waals surface area contributed by atoms with Crippen molar-refractivity contribution in [2.24, 2.45) is 4.99 Å². The maximum Gasteiger partial charge on any atom is 0.338 e. The van der Waals surface area contributed by atoms with E-state index in [0.717, 1.165) is 14.2 Å². The normalized spacial score (nSPS) is 16.5. The van der Waals surface area contributed by atoms with Crippen molar-refractivity contribution in [1.82, 2.24) is 4.57 Å². The van der Waals surface area contributed by atoms with Crippen molar-refractivity contribution in [1.29, 1.82) is 0 Å². The van der Waals surface area contributed by atoms with Crippen LogP contribution in [-0.2, 0) is 9.53 Å².